The third-order valence-electron chi connectivity index (χ3n) is 2.88. The van der Waals surface area contributed by atoms with Crippen LogP contribution in [-0.2, 0) is 0 Å². The molecule has 0 aromatic carbocycles. The highest BCUT2D eigenvalue weighted by Crippen LogP contribution is 2.37. The molecule has 1 aliphatic rings. The second-order valence-electron chi connectivity index (χ2n) is 4.05. The van der Waals surface area contributed by atoms with Gasteiger partial charge in [0.05, 0.1) is 0 Å². The topological polar surface area (TPSA) is 12.0 Å². The van der Waals surface area contributed by atoms with Crippen molar-refractivity contribution in [3.63, 3.8) is 0 Å². The molecule has 1 nitrogen and oxygen atoms in total. The number of rotatable bonds is 4. The van der Waals surface area contributed by atoms with E-state index in [1.807, 2.05) is 7.05 Å². The summed E-state index contributed by atoms with van der Waals surface area (Å²) in [5, 5.41) is 3.08. The number of alkyl halides is 2. The molecule has 0 radical (unpaired) electrons. The van der Waals surface area contributed by atoms with Crippen LogP contribution in [0.3, 0.4) is 0 Å². The molecule has 0 bridgehead atoms. The first kappa shape index (κ1) is 10.9. The Labute approximate surface area is 78.9 Å². The summed E-state index contributed by atoms with van der Waals surface area (Å²) in [6.07, 6.45) is 3.88. The van der Waals surface area contributed by atoms with Crippen molar-refractivity contribution in [3.05, 3.63) is 0 Å². The van der Waals surface area contributed by atoms with Gasteiger partial charge in [-0.15, -0.1) is 0 Å². The lowest BCUT2D eigenvalue weighted by Gasteiger charge is -2.28. The van der Waals surface area contributed by atoms with E-state index in [1.54, 1.807) is 0 Å². The van der Waals surface area contributed by atoms with Crippen LogP contribution in [0.25, 0.3) is 0 Å². The maximum atomic E-state index is 12.8. The molecule has 3 heteroatoms. The van der Waals surface area contributed by atoms with Crippen LogP contribution in [-0.4, -0.2) is 19.5 Å². The smallest absolute Gasteiger partial charge is 0.248 e. The monoisotopic (exact) mass is 191 g/mol. The highest BCUT2D eigenvalue weighted by Gasteiger charge is 2.34. The van der Waals surface area contributed by atoms with Crippen LogP contribution >= 0.6 is 0 Å². The minimum atomic E-state index is -2.36. The van der Waals surface area contributed by atoms with Gasteiger partial charge in [0.2, 0.25) is 5.92 Å². The summed E-state index contributed by atoms with van der Waals surface area (Å²) in [6, 6.07) is 0. The van der Waals surface area contributed by atoms with Crippen molar-refractivity contribution in [2.45, 2.75) is 44.4 Å². The molecular weight excluding hydrogens is 172 g/mol. The van der Waals surface area contributed by atoms with Gasteiger partial charge in [-0.1, -0.05) is 0 Å². The summed E-state index contributed by atoms with van der Waals surface area (Å²) in [6.45, 7) is 1.01. The Kier molecular flexibility index (Phi) is 4.10. The summed E-state index contributed by atoms with van der Waals surface area (Å²) in [5.74, 6) is -1.81. The molecule has 0 spiro atoms. The van der Waals surface area contributed by atoms with Crippen molar-refractivity contribution < 1.29 is 8.78 Å². The van der Waals surface area contributed by atoms with E-state index < -0.39 is 5.92 Å². The van der Waals surface area contributed by atoms with Gasteiger partial charge in [0.1, 0.15) is 0 Å². The maximum absolute atomic E-state index is 12.8. The SMILES string of the molecule is CNCCCC1CCC(F)(F)CC1. The Morgan fingerprint density at radius 1 is 1.31 bits per heavy atom. The maximum Gasteiger partial charge on any atom is 0.248 e. The van der Waals surface area contributed by atoms with Crippen molar-refractivity contribution in [2.75, 3.05) is 13.6 Å². The van der Waals surface area contributed by atoms with Crippen molar-refractivity contribution in [3.8, 4) is 0 Å². The molecule has 0 saturated heterocycles. The zero-order valence-corrected chi connectivity index (χ0v) is 8.28. The third kappa shape index (κ3) is 4.03. The van der Waals surface area contributed by atoms with Gasteiger partial charge >= 0.3 is 0 Å². The Hall–Kier alpha value is -0.180. The Bertz CT molecular complexity index is 138. The minimum absolute atomic E-state index is 0.108. The van der Waals surface area contributed by atoms with Gasteiger partial charge in [0, 0.05) is 12.8 Å². The van der Waals surface area contributed by atoms with Crippen molar-refractivity contribution in [1.29, 1.82) is 0 Å². The largest absolute Gasteiger partial charge is 0.320 e. The molecule has 1 N–H and O–H groups in total. The number of halogens is 2. The lowest BCUT2D eigenvalue weighted by atomic mass is 9.84. The van der Waals surface area contributed by atoms with E-state index in [1.165, 1.54) is 0 Å². The normalized spacial score (nSPS) is 23.3. The van der Waals surface area contributed by atoms with Crippen molar-refractivity contribution in [1.82, 2.24) is 5.32 Å². The molecule has 0 atom stereocenters. The summed E-state index contributed by atoms with van der Waals surface area (Å²) in [5.41, 5.74) is 0. The second-order valence-corrected chi connectivity index (χ2v) is 4.05. The molecule has 1 fully saturated rings. The zero-order valence-electron chi connectivity index (χ0n) is 8.28. The predicted octanol–water partition coefficient (Wildman–Crippen LogP) is 2.81. The zero-order chi connectivity index (χ0) is 9.73. The molecule has 0 aromatic rings. The van der Waals surface area contributed by atoms with Gasteiger partial charge < -0.3 is 5.32 Å². The fourth-order valence-corrected chi connectivity index (χ4v) is 1.96. The van der Waals surface area contributed by atoms with E-state index in [4.69, 9.17) is 0 Å². The average Bonchev–Trinajstić information content (AvgIpc) is 2.08. The number of nitrogens with one attached hydrogen (secondary N) is 1. The van der Waals surface area contributed by atoms with Crippen LogP contribution in [0.2, 0.25) is 0 Å². The molecule has 1 rings (SSSR count). The summed E-state index contributed by atoms with van der Waals surface area (Å²) < 4.78 is 25.5. The summed E-state index contributed by atoms with van der Waals surface area (Å²) >= 11 is 0. The van der Waals surface area contributed by atoms with Crippen LogP contribution in [0.5, 0.6) is 0 Å². The first-order valence-corrected chi connectivity index (χ1v) is 5.16. The summed E-state index contributed by atoms with van der Waals surface area (Å²) in [4.78, 5) is 0. The Balaban J connectivity index is 2.11. The molecule has 1 aliphatic carbocycles. The van der Waals surface area contributed by atoms with Gasteiger partial charge in [-0.05, 0) is 45.2 Å². The molecule has 1 saturated carbocycles. The quantitative estimate of drug-likeness (QED) is 0.674. The van der Waals surface area contributed by atoms with Gasteiger partial charge in [-0.2, -0.15) is 0 Å². The van der Waals surface area contributed by atoms with E-state index in [-0.39, 0.29) is 12.8 Å². The lowest BCUT2D eigenvalue weighted by molar-refractivity contribution is -0.0466. The predicted molar refractivity (Wildman–Crippen MR) is 50.1 cm³/mol. The third-order valence-corrected chi connectivity index (χ3v) is 2.88. The molecular formula is C10H19F2N. The molecule has 0 aliphatic heterocycles. The highest BCUT2D eigenvalue weighted by molar-refractivity contribution is 4.77. The van der Waals surface area contributed by atoms with Crippen molar-refractivity contribution >= 4 is 0 Å². The summed E-state index contributed by atoms with van der Waals surface area (Å²) in [7, 11) is 1.93. The van der Waals surface area contributed by atoms with Gasteiger partial charge in [-0.25, -0.2) is 8.78 Å². The molecule has 78 valence electrons. The number of hydrogen-bond donors (Lipinski definition) is 1. The van der Waals surface area contributed by atoms with Gasteiger partial charge in [-0.3, -0.25) is 0 Å². The van der Waals surface area contributed by atoms with Gasteiger partial charge in [0.25, 0.3) is 0 Å². The standard InChI is InChI=1S/C10H19F2N/c1-13-8-2-3-9-4-6-10(11,12)7-5-9/h9,13H,2-8H2,1H3. The van der Waals surface area contributed by atoms with E-state index in [2.05, 4.69) is 5.32 Å². The minimum Gasteiger partial charge on any atom is -0.320 e. The first-order chi connectivity index (χ1) is 6.14. The van der Waals surface area contributed by atoms with Crippen LogP contribution in [0.1, 0.15) is 38.5 Å². The van der Waals surface area contributed by atoms with E-state index in [0.29, 0.717) is 5.92 Å². The Morgan fingerprint density at radius 3 is 2.46 bits per heavy atom. The fraction of sp³-hybridized carbons (Fsp3) is 1.00. The molecule has 13 heavy (non-hydrogen) atoms. The van der Waals surface area contributed by atoms with E-state index in [0.717, 1.165) is 32.2 Å². The Morgan fingerprint density at radius 2 is 1.92 bits per heavy atom. The average molecular weight is 191 g/mol. The highest BCUT2D eigenvalue weighted by atomic mass is 19.3. The van der Waals surface area contributed by atoms with E-state index >= 15 is 0 Å². The molecule has 0 amide bonds. The molecule has 0 unspecified atom stereocenters. The first-order valence-electron chi connectivity index (χ1n) is 5.16. The van der Waals surface area contributed by atoms with E-state index in [9.17, 15) is 8.78 Å². The van der Waals surface area contributed by atoms with Crippen LogP contribution in [0.4, 0.5) is 8.78 Å². The molecule has 0 aromatic heterocycles. The van der Waals surface area contributed by atoms with Gasteiger partial charge in [0.15, 0.2) is 0 Å². The van der Waals surface area contributed by atoms with Crippen molar-refractivity contribution in [2.24, 2.45) is 5.92 Å². The second kappa shape index (κ2) is 4.89. The molecule has 0 heterocycles. The van der Waals surface area contributed by atoms with Crippen LogP contribution < -0.4 is 5.32 Å². The number of hydrogen-bond acceptors (Lipinski definition) is 1. The van der Waals surface area contributed by atoms with Crippen LogP contribution in [0, 0.1) is 5.92 Å². The lowest BCUT2D eigenvalue weighted by Crippen LogP contribution is -2.25. The fourth-order valence-electron chi connectivity index (χ4n) is 1.96. The van der Waals surface area contributed by atoms with Crippen LogP contribution in [0.15, 0.2) is 0 Å².